The molecule has 0 bridgehead atoms. The molecular weight excluding hydrogens is 865 g/mol. The van der Waals surface area contributed by atoms with E-state index < -0.39 is 6.10 Å². The van der Waals surface area contributed by atoms with Gasteiger partial charge >= 0.3 is 17.9 Å². The van der Waals surface area contributed by atoms with Crippen molar-refractivity contribution in [1.29, 1.82) is 0 Å². The predicted molar refractivity (Wildman–Crippen MR) is 302 cm³/mol. The number of allylic oxidation sites excluding steroid dienone is 18. The Morgan fingerprint density at radius 3 is 0.943 bits per heavy atom. The number of esters is 3. The highest BCUT2D eigenvalue weighted by molar-refractivity contribution is 5.71. The summed E-state index contributed by atoms with van der Waals surface area (Å²) in [5.41, 5.74) is 0. The van der Waals surface area contributed by atoms with E-state index in [0.717, 1.165) is 89.9 Å². The highest BCUT2D eigenvalue weighted by Crippen LogP contribution is 2.13. The molecule has 1 atom stereocenters. The summed E-state index contributed by atoms with van der Waals surface area (Å²) < 4.78 is 16.8. The Morgan fingerprint density at radius 1 is 0.300 bits per heavy atom. The van der Waals surface area contributed by atoms with Crippen LogP contribution in [0.25, 0.3) is 0 Å². The lowest BCUT2D eigenvalue weighted by Gasteiger charge is -2.18. The standard InChI is InChI=1S/C64H106O6/c1-4-7-10-13-16-19-22-25-28-31-34-36-39-42-45-48-51-54-57-63(66)69-60-61(70-64(67)58-55-52-49-46-43-40-37-33-30-27-24-21-18-15-12-9-6-3)59-68-62(65)56-53-50-47-44-41-38-35-32-29-26-23-20-17-14-11-8-5-2/h9,12,18,21,26-27,29-30,34-38,40,44,46-47,49,61H,4-8,10-11,13-17,19-20,22-25,28,31-33,39,41-43,45,48,50-60H2,1-3H3/b12-9-,21-18-,29-26-,30-27-,36-34-,38-35-,40-37-,47-44-,49-46-. The fourth-order valence-electron chi connectivity index (χ4n) is 7.66. The highest BCUT2D eigenvalue weighted by Gasteiger charge is 2.19. The van der Waals surface area contributed by atoms with E-state index in [9.17, 15) is 14.4 Å². The van der Waals surface area contributed by atoms with Gasteiger partial charge in [0.15, 0.2) is 6.10 Å². The van der Waals surface area contributed by atoms with Crippen LogP contribution in [0.1, 0.15) is 258 Å². The lowest BCUT2D eigenvalue weighted by Crippen LogP contribution is -2.30. The first-order chi connectivity index (χ1) is 34.5. The predicted octanol–water partition coefficient (Wildman–Crippen LogP) is 19.5. The summed E-state index contributed by atoms with van der Waals surface area (Å²) in [5, 5.41) is 0. The average Bonchev–Trinajstić information content (AvgIpc) is 3.36. The molecule has 0 aromatic heterocycles. The molecule has 0 amide bonds. The van der Waals surface area contributed by atoms with Gasteiger partial charge in [0.2, 0.25) is 0 Å². The first-order valence-corrected chi connectivity index (χ1v) is 28.9. The van der Waals surface area contributed by atoms with Crippen molar-refractivity contribution < 1.29 is 28.6 Å². The Balaban J connectivity index is 4.56. The van der Waals surface area contributed by atoms with Crippen molar-refractivity contribution in [2.24, 2.45) is 0 Å². The van der Waals surface area contributed by atoms with Crippen LogP contribution >= 0.6 is 0 Å². The van der Waals surface area contributed by atoms with Crippen LogP contribution in [0.5, 0.6) is 0 Å². The van der Waals surface area contributed by atoms with Gasteiger partial charge in [-0.2, -0.15) is 0 Å². The normalized spacial score (nSPS) is 12.9. The summed E-state index contributed by atoms with van der Waals surface area (Å²) in [6, 6.07) is 0. The summed E-state index contributed by atoms with van der Waals surface area (Å²) in [4.78, 5) is 38.1. The molecule has 0 heterocycles. The molecule has 0 saturated heterocycles. The van der Waals surface area contributed by atoms with E-state index in [4.69, 9.17) is 14.2 Å². The molecule has 0 fully saturated rings. The first-order valence-electron chi connectivity index (χ1n) is 28.9. The smallest absolute Gasteiger partial charge is 0.306 e. The van der Waals surface area contributed by atoms with E-state index in [1.807, 2.05) is 0 Å². The lowest BCUT2D eigenvalue weighted by molar-refractivity contribution is -0.167. The van der Waals surface area contributed by atoms with Crippen LogP contribution in [0.15, 0.2) is 109 Å². The molecule has 0 aliphatic rings. The Bertz CT molecular complexity index is 1440. The lowest BCUT2D eigenvalue weighted by atomic mass is 10.1. The van der Waals surface area contributed by atoms with E-state index in [1.165, 1.54) is 116 Å². The summed E-state index contributed by atoms with van der Waals surface area (Å²) in [6.45, 7) is 6.43. The van der Waals surface area contributed by atoms with Crippen LogP contribution in [-0.2, 0) is 28.6 Å². The van der Waals surface area contributed by atoms with Crippen molar-refractivity contribution in [3.63, 3.8) is 0 Å². The number of rotatable bonds is 51. The molecule has 0 radical (unpaired) electrons. The van der Waals surface area contributed by atoms with Crippen molar-refractivity contribution in [1.82, 2.24) is 0 Å². The summed E-state index contributed by atoms with van der Waals surface area (Å²) >= 11 is 0. The van der Waals surface area contributed by atoms with Gasteiger partial charge in [0, 0.05) is 19.3 Å². The molecule has 0 aromatic rings. The maximum atomic E-state index is 12.8. The highest BCUT2D eigenvalue weighted by atomic mass is 16.6. The van der Waals surface area contributed by atoms with Crippen LogP contribution < -0.4 is 0 Å². The Kier molecular flexibility index (Phi) is 54.4. The minimum Gasteiger partial charge on any atom is -0.462 e. The maximum absolute atomic E-state index is 12.8. The van der Waals surface area contributed by atoms with Gasteiger partial charge < -0.3 is 14.2 Å². The molecule has 0 rings (SSSR count). The van der Waals surface area contributed by atoms with Crippen LogP contribution in [0.3, 0.4) is 0 Å². The Morgan fingerprint density at radius 2 is 0.571 bits per heavy atom. The monoisotopic (exact) mass is 971 g/mol. The topological polar surface area (TPSA) is 78.9 Å². The largest absolute Gasteiger partial charge is 0.462 e. The van der Waals surface area contributed by atoms with E-state index in [2.05, 4.69) is 130 Å². The zero-order valence-electron chi connectivity index (χ0n) is 45.5. The van der Waals surface area contributed by atoms with E-state index in [0.29, 0.717) is 19.3 Å². The SMILES string of the molecule is CC/C=C\C/C=C\C/C=C\C/C=C\C/C=C\CCCC(=O)OC(COC(=O)CCC/C=C\C/C=C\C/C=C\CCCCCCCC)COC(=O)CCCCCCC/C=C\CCCCCCCCCCC. The van der Waals surface area contributed by atoms with Crippen LogP contribution in [0.4, 0.5) is 0 Å². The van der Waals surface area contributed by atoms with E-state index >= 15 is 0 Å². The molecule has 0 aromatic carbocycles. The van der Waals surface area contributed by atoms with E-state index in [-0.39, 0.29) is 44.0 Å². The number of hydrogen-bond donors (Lipinski definition) is 0. The molecule has 0 aliphatic carbocycles. The van der Waals surface area contributed by atoms with Crippen molar-refractivity contribution in [3.05, 3.63) is 109 Å². The minimum atomic E-state index is -0.834. The second-order valence-electron chi connectivity index (χ2n) is 18.8. The van der Waals surface area contributed by atoms with Gasteiger partial charge in [-0.05, 0) is 116 Å². The number of ether oxygens (including phenoxy) is 3. The second-order valence-corrected chi connectivity index (χ2v) is 18.8. The summed E-state index contributed by atoms with van der Waals surface area (Å²) in [5.74, 6) is -1.04. The van der Waals surface area contributed by atoms with Gasteiger partial charge in [0.25, 0.3) is 0 Å². The summed E-state index contributed by atoms with van der Waals surface area (Å²) in [7, 11) is 0. The Labute approximate surface area is 431 Å². The van der Waals surface area contributed by atoms with Crippen LogP contribution in [0.2, 0.25) is 0 Å². The van der Waals surface area contributed by atoms with Crippen molar-refractivity contribution in [2.45, 2.75) is 264 Å². The van der Waals surface area contributed by atoms with Crippen LogP contribution in [-0.4, -0.2) is 37.2 Å². The van der Waals surface area contributed by atoms with E-state index in [1.54, 1.807) is 0 Å². The minimum absolute atomic E-state index is 0.122. The molecule has 398 valence electrons. The van der Waals surface area contributed by atoms with Crippen molar-refractivity contribution in [3.8, 4) is 0 Å². The zero-order valence-corrected chi connectivity index (χ0v) is 45.5. The third kappa shape index (κ3) is 55.0. The molecule has 1 unspecified atom stereocenters. The number of carbonyl (C=O) groups excluding carboxylic acids is 3. The summed E-state index contributed by atoms with van der Waals surface area (Å²) in [6.07, 6.45) is 78.1. The Hall–Kier alpha value is -3.93. The number of carbonyl (C=O) groups is 3. The van der Waals surface area contributed by atoms with Gasteiger partial charge in [0.1, 0.15) is 13.2 Å². The molecule has 70 heavy (non-hydrogen) atoms. The van der Waals surface area contributed by atoms with Crippen molar-refractivity contribution >= 4 is 17.9 Å². The molecule has 0 N–H and O–H groups in total. The van der Waals surface area contributed by atoms with Gasteiger partial charge in [0.05, 0.1) is 0 Å². The van der Waals surface area contributed by atoms with Gasteiger partial charge in [-0.1, -0.05) is 233 Å². The zero-order chi connectivity index (χ0) is 50.7. The maximum Gasteiger partial charge on any atom is 0.306 e. The number of unbranched alkanes of at least 4 members (excludes halogenated alkanes) is 22. The van der Waals surface area contributed by atoms with Gasteiger partial charge in [-0.3, -0.25) is 14.4 Å². The third-order valence-electron chi connectivity index (χ3n) is 12.0. The van der Waals surface area contributed by atoms with Crippen LogP contribution in [0, 0.1) is 0 Å². The first kappa shape index (κ1) is 66.1. The molecule has 6 nitrogen and oxygen atoms in total. The third-order valence-corrected chi connectivity index (χ3v) is 12.0. The second kappa shape index (κ2) is 57.6. The molecule has 0 spiro atoms. The van der Waals surface area contributed by atoms with Gasteiger partial charge in [-0.25, -0.2) is 0 Å². The van der Waals surface area contributed by atoms with Crippen molar-refractivity contribution in [2.75, 3.05) is 13.2 Å². The fraction of sp³-hybridized carbons (Fsp3) is 0.672. The quantitative estimate of drug-likeness (QED) is 0.0262. The molecule has 0 saturated carbocycles. The fourth-order valence-corrected chi connectivity index (χ4v) is 7.66. The molecule has 6 heteroatoms. The average molecular weight is 972 g/mol. The van der Waals surface area contributed by atoms with Gasteiger partial charge in [-0.15, -0.1) is 0 Å². The molecular formula is C64H106O6. The molecule has 0 aliphatic heterocycles. The number of hydrogen-bond acceptors (Lipinski definition) is 6.